The first-order chi connectivity index (χ1) is 11.0. The molecule has 0 unspecified atom stereocenters. The summed E-state index contributed by atoms with van der Waals surface area (Å²) in [5.74, 6) is -0.670. The van der Waals surface area contributed by atoms with Crippen LogP contribution in [0.4, 0.5) is 0 Å². The normalized spacial score (nSPS) is 19.1. The van der Waals surface area contributed by atoms with Gasteiger partial charge < -0.3 is 10.1 Å². The Labute approximate surface area is 139 Å². The molecule has 1 N–H and O–H groups in total. The molecule has 1 amide bonds. The van der Waals surface area contributed by atoms with Gasteiger partial charge in [-0.25, -0.2) is 4.79 Å². The zero-order chi connectivity index (χ0) is 16.4. The average molecular weight is 332 g/mol. The number of nitriles is 1. The van der Waals surface area contributed by atoms with E-state index in [0.717, 1.165) is 38.5 Å². The zero-order valence-corrected chi connectivity index (χ0v) is 14.0. The molecule has 1 saturated carbocycles. The molecular weight excluding hydrogens is 312 g/mol. The molecule has 1 aromatic heterocycles. The standard InChI is InChI=1S/C17H20N2O3S/c1-17(10-18,12-6-7-12)19-15(20)9-22-16(21)14-8-11-4-2-3-5-13(11)23-14/h8,12H,2-7,9H2,1H3,(H,19,20)/t17-/m1/s1. The van der Waals surface area contributed by atoms with E-state index in [4.69, 9.17) is 4.74 Å². The van der Waals surface area contributed by atoms with Gasteiger partial charge in [-0.2, -0.15) is 5.26 Å². The number of aryl methyl sites for hydroxylation is 2. The molecule has 3 rings (SSSR count). The minimum Gasteiger partial charge on any atom is -0.451 e. The van der Waals surface area contributed by atoms with E-state index in [1.807, 2.05) is 6.07 Å². The number of esters is 1. The van der Waals surface area contributed by atoms with Crippen molar-refractivity contribution in [1.29, 1.82) is 5.26 Å². The molecule has 0 spiro atoms. The highest BCUT2D eigenvalue weighted by atomic mass is 32.1. The molecule has 0 radical (unpaired) electrons. The van der Waals surface area contributed by atoms with E-state index in [9.17, 15) is 14.9 Å². The van der Waals surface area contributed by atoms with Gasteiger partial charge in [-0.1, -0.05) is 0 Å². The molecule has 6 heteroatoms. The van der Waals surface area contributed by atoms with Crippen molar-refractivity contribution < 1.29 is 14.3 Å². The van der Waals surface area contributed by atoms with Crippen LogP contribution in [0.15, 0.2) is 6.07 Å². The predicted molar refractivity (Wildman–Crippen MR) is 86.1 cm³/mol. The fraction of sp³-hybridized carbons (Fsp3) is 0.588. The largest absolute Gasteiger partial charge is 0.451 e. The van der Waals surface area contributed by atoms with E-state index >= 15 is 0 Å². The number of hydrogen-bond donors (Lipinski definition) is 1. The van der Waals surface area contributed by atoms with Gasteiger partial charge in [0.05, 0.1) is 6.07 Å². The van der Waals surface area contributed by atoms with Gasteiger partial charge in [0.15, 0.2) is 6.61 Å². The number of hydrogen-bond acceptors (Lipinski definition) is 5. The Kier molecular flexibility index (Phi) is 4.40. The van der Waals surface area contributed by atoms with Gasteiger partial charge >= 0.3 is 5.97 Å². The number of thiophene rings is 1. The van der Waals surface area contributed by atoms with Crippen LogP contribution in [0.1, 0.15) is 52.7 Å². The fourth-order valence-corrected chi connectivity index (χ4v) is 4.15. The summed E-state index contributed by atoms with van der Waals surface area (Å²) >= 11 is 1.47. The van der Waals surface area contributed by atoms with Gasteiger partial charge in [0.25, 0.3) is 5.91 Å². The highest BCUT2D eigenvalue weighted by Gasteiger charge is 2.43. The molecule has 1 heterocycles. The van der Waals surface area contributed by atoms with Gasteiger partial charge in [0, 0.05) is 4.88 Å². The van der Waals surface area contributed by atoms with Crippen LogP contribution in [0.5, 0.6) is 0 Å². The highest BCUT2D eigenvalue weighted by Crippen LogP contribution is 2.39. The lowest BCUT2D eigenvalue weighted by Crippen LogP contribution is -2.48. The lowest BCUT2D eigenvalue weighted by Gasteiger charge is -2.22. The fourth-order valence-electron chi connectivity index (χ4n) is 3.00. The molecule has 1 atom stereocenters. The lowest BCUT2D eigenvalue weighted by molar-refractivity contribution is -0.125. The van der Waals surface area contributed by atoms with Crippen LogP contribution in [-0.2, 0) is 22.4 Å². The Morgan fingerprint density at radius 1 is 1.43 bits per heavy atom. The summed E-state index contributed by atoms with van der Waals surface area (Å²) in [5, 5.41) is 11.9. The zero-order valence-electron chi connectivity index (χ0n) is 13.2. The number of nitrogens with zero attached hydrogens (tertiary/aromatic N) is 1. The van der Waals surface area contributed by atoms with Crippen molar-refractivity contribution in [3.8, 4) is 6.07 Å². The van der Waals surface area contributed by atoms with Crippen LogP contribution in [0.25, 0.3) is 0 Å². The average Bonchev–Trinajstić information content (AvgIpc) is 3.32. The van der Waals surface area contributed by atoms with E-state index in [2.05, 4.69) is 11.4 Å². The molecule has 2 aliphatic rings. The number of rotatable bonds is 5. The molecule has 0 bridgehead atoms. The third-order valence-electron chi connectivity index (χ3n) is 4.56. The summed E-state index contributed by atoms with van der Waals surface area (Å²) in [7, 11) is 0. The summed E-state index contributed by atoms with van der Waals surface area (Å²) in [6.07, 6.45) is 6.26. The monoisotopic (exact) mass is 332 g/mol. The van der Waals surface area contributed by atoms with Crippen LogP contribution >= 0.6 is 11.3 Å². The third-order valence-corrected chi connectivity index (χ3v) is 5.77. The molecule has 1 fully saturated rings. The Morgan fingerprint density at radius 2 is 2.17 bits per heavy atom. The lowest BCUT2D eigenvalue weighted by atomic mass is 9.98. The Hall–Kier alpha value is -1.87. The molecule has 1 aromatic rings. The van der Waals surface area contributed by atoms with Crippen LogP contribution in [0.3, 0.4) is 0 Å². The van der Waals surface area contributed by atoms with Crippen molar-refractivity contribution in [3.63, 3.8) is 0 Å². The molecule has 122 valence electrons. The first-order valence-electron chi connectivity index (χ1n) is 8.03. The molecular formula is C17H20N2O3S. The van der Waals surface area contributed by atoms with Crippen molar-refractivity contribution >= 4 is 23.2 Å². The summed E-state index contributed by atoms with van der Waals surface area (Å²) < 4.78 is 5.11. The number of carbonyl (C=O) groups is 2. The minimum absolute atomic E-state index is 0.205. The van der Waals surface area contributed by atoms with Crippen LogP contribution < -0.4 is 5.32 Å². The van der Waals surface area contributed by atoms with E-state index < -0.39 is 17.4 Å². The van der Waals surface area contributed by atoms with Crippen molar-refractivity contribution in [2.75, 3.05) is 6.61 Å². The molecule has 0 aromatic carbocycles. The summed E-state index contributed by atoms with van der Waals surface area (Å²) in [6.45, 7) is 1.38. The van der Waals surface area contributed by atoms with Gasteiger partial charge in [-0.05, 0) is 63.0 Å². The summed E-state index contributed by atoms with van der Waals surface area (Å²) in [5.41, 5.74) is 0.384. The summed E-state index contributed by atoms with van der Waals surface area (Å²) in [6, 6.07) is 4.05. The van der Waals surface area contributed by atoms with Gasteiger partial charge in [-0.15, -0.1) is 11.3 Å². The molecule has 5 nitrogen and oxygen atoms in total. The first-order valence-corrected chi connectivity index (χ1v) is 8.84. The summed E-state index contributed by atoms with van der Waals surface area (Å²) in [4.78, 5) is 25.9. The predicted octanol–water partition coefficient (Wildman–Crippen LogP) is 2.59. The minimum atomic E-state index is -0.856. The number of amides is 1. The second kappa shape index (κ2) is 6.32. The maximum atomic E-state index is 12.1. The van der Waals surface area contributed by atoms with Crippen molar-refractivity contribution in [3.05, 3.63) is 21.4 Å². The van der Waals surface area contributed by atoms with Gasteiger partial charge in [0.1, 0.15) is 10.4 Å². The number of carbonyl (C=O) groups excluding carboxylic acids is 2. The van der Waals surface area contributed by atoms with Crippen molar-refractivity contribution in [2.24, 2.45) is 5.92 Å². The van der Waals surface area contributed by atoms with Crippen LogP contribution in [0, 0.1) is 17.2 Å². The molecule has 0 aliphatic heterocycles. The topological polar surface area (TPSA) is 79.2 Å². The van der Waals surface area contributed by atoms with Crippen LogP contribution in [0.2, 0.25) is 0 Å². The maximum Gasteiger partial charge on any atom is 0.348 e. The second-order valence-corrected chi connectivity index (χ2v) is 7.62. The Morgan fingerprint density at radius 3 is 2.83 bits per heavy atom. The van der Waals surface area contributed by atoms with E-state index in [1.54, 1.807) is 6.92 Å². The smallest absolute Gasteiger partial charge is 0.348 e. The van der Waals surface area contributed by atoms with Crippen LogP contribution in [-0.4, -0.2) is 24.0 Å². The Bertz CT molecular complexity index is 648. The van der Waals surface area contributed by atoms with Crippen molar-refractivity contribution in [1.82, 2.24) is 5.32 Å². The quantitative estimate of drug-likeness (QED) is 0.841. The van der Waals surface area contributed by atoms with E-state index in [-0.39, 0.29) is 12.5 Å². The second-order valence-electron chi connectivity index (χ2n) is 6.48. The highest BCUT2D eigenvalue weighted by molar-refractivity contribution is 7.14. The maximum absolute atomic E-state index is 12.1. The molecule has 23 heavy (non-hydrogen) atoms. The third kappa shape index (κ3) is 3.56. The Balaban J connectivity index is 1.53. The first kappa shape index (κ1) is 16.0. The van der Waals surface area contributed by atoms with Gasteiger partial charge in [-0.3, -0.25) is 4.79 Å². The van der Waals surface area contributed by atoms with E-state index in [0.29, 0.717) is 4.88 Å². The SMILES string of the molecule is C[C@](C#N)(NC(=O)COC(=O)c1cc2c(s1)CCCC2)C1CC1. The number of ether oxygens (including phenoxy) is 1. The van der Waals surface area contributed by atoms with Gasteiger partial charge in [0.2, 0.25) is 0 Å². The number of fused-ring (bicyclic) bond motifs is 1. The molecule has 2 aliphatic carbocycles. The van der Waals surface area contributed by atoms with Crippen molar-refractivity contribution in [2.45, 2.75) is 51.0 Å². The molecule has 0 saturated heterocycles. The van der Waals surface area contributed by atoms with E-state index in [1.165, 1.54) is 21.8 Å². The number of nitrogens with one attached hydrogen (secondary N) is 1.